The third kappa shape index (κ3) is 7.38. The second kappa shape index (κ2) is 11.7. The number of carbonyl (C=O) groups is 1. The summed E-state index contributed by atoms with van der Waals surface area (Å²) in [7, 11) is -2.29. The Bertz CT molecular complexity index is 1820. The van der Waals surface area contributed by atoms with Crippen molar-refractivity contribution in [1.82, 2.24) is 24.9 Å². The Kier molecular flexibility index (Phi) is 8.49. The fourth-order valence-corrected chi connectivity index (χ4v) is 4.75. The van der Waals surface area contributed by atoms with Crippen molar-refractivity contribution in [3.8, 4) is 28.8 Å². The van der Waals surface area contributed by atoms with Gasteiger partial charge in [0.1, 0.15) is 17.3 Å². The van der Waals surface area contributed by atoms with E-state index < -0.39 is 33.6 Å². The second-order valence-electron chi connectivity index (χ2n) is 10.7. The number of halogens is 2. The Morgan fingerprint density at radius 2 is 1.74 bits per heavy atom. The van der Waals surface area contributed by atoms with Gasteiger partial charge in [-0.1, -0.05) is 5.92 Å². The fraction of sp³-hybridized carbons (Fsp3) is 0.310. The number of nitrogens with one attached hydrogen (secondary N) is 2. The quantitative estimate of drug-likeness (QED) is 0.291. The van der Waals surface area contributed by atoms with Crippen LogP contribution >= 0.6 is 0 Å². The summed E-state index contributed by atoms with van der Waals surface area (Å²) in [5.41, 5.74) is 1.95. The normalized spacial score (nSPS) is 12.4. The van der Waals surface area contributed by atoms with Crippen LogP contribution in [0.25, 0.3) is 16.8 Å². The average Bonchev–Trinajstić information content (AvgIpc) is 3.27. The summed E-state index contributed by atoms with van der Waals surface area (Å²) in [6, 6.07) is 9.06. The molecule has 3 aromatic heterocycles. The zero-order valence-corrected chi connectivity index (χ0v) is 24.7. The van der Waals surface area contributed by atoms with Crippen LogP contribution in [0.4, 0.5) is 14.7 Å². The first-order valence-electron chi connectivity index (χ1n) is 12.8. The van der Waals surface area contributed by atoms with Gasteiger partial charge >= 0.3 is 0 Å². The van der Waals surface area contributed by atoms with Gasteiger partial charge in [-0.2, -0.15) is 0 Å². The lowest BCUT2D eigenvalue weighted by Crippen LogP contribution is -2.29. The minimum atomic E-state index is -3.71. The number of hydrogen-bond donors (Lipinski definition) is 2. The number of amides is 1. The number of benzene rings is 1. The lowest BCUT2D eigenvalue weighted by atomic mass is 9.94. The number of sulfonamides is 1. The molecule has 4 rings (SSSR count). The summed E-state index contributed by atoms with van der Waals surface area (Å²) in [4.78, 5) is 17.1. The molecule has 0 bridgehead atoms. The molecule has 0 saturated carbocycles. The van der Waals surface area contributed by atoms with Crippen molar-refractivity contribution < 1.29 is 26.7 Å². The summed E-state index contributed by atoms with van der Waals surface area (Å²) in [6.07, 6.45) is 0.988. The van der Waals surface area contributed by atoms with Gasteiger partial charge in [-0.25, -0.2) is 26.6 Å². The van der Waals surface area contributed by atoms with Crippen molar-refractivity contribution in [2.45, 2.75) is 40.2 Å². The molecule has 2 N–H and O–H groups in total. The Labute approximate surface area is 242 Å². The van der Waals surface area contributed by atoms with Gasteiger partial charge in [0.2, 0.25) is 27.8 Å². The SMILES string of the molecule is COc1ccc(-c2ccc(C#CC(C)(C)C)nc2[C@H](Cc2cc(F)cc(F)c2)NC(C)=O)c2nnc(NS(C)(=O)=O)n12. The van der Waals surface area contributed by atoms with Crippen LogP contribution in [0.15, 0.2) is 42.5 Å². The molecule has 1 amide bonds. The predicted molar refractivity (Wildman–Crippen MR) is 154 cm³/mol. The van der Waals surface area contributed by atoms with E-state index in [0.29, 0.717) is 28.1 Å². The van der Waals surface area contributed by atoms with Crippen LogP contribution in [0.5, 0.6) is 5.88 Å². The molecule has 0 aliphatic carbocycles. The smallest absolute Gasteiger partial charge is 0.245 e. The molecule has 13 heteroatoms. The van der Waals surface area contributed by atoms with Crippen molar-refractivity contribution >= 4 is 27.5 Å². The highest BCUT2D eigenvalue weighted by Crippen LogP contribution is 2.35. The van der Waals surface area contributed by atoms with Gasteiger partial charge in [-0.15, -0.1) is 10.2 Å². The van der Waals surface area contributed by atoms with E-state index in [4.69, 9.17) is 9.72 Å². The van der Waals surface area contributed by atoms with E-state index in [2.05, 4.69) is 32.1 Å². The number of anilines is 1. The average molecular weight is 597 g/mol. The van der Waals surface area contributed by atoms with E-state index in [-0.39, 0.29) is 29.3 Å². The molecule has 0 aliphatic heterocycles. The minimum Gasteiger partial charge on any atom is -0.482 e. The molecule has 0 saturated heterocycles. The summed E-state index contributed by atoms with van der Waals surface area (Å²) in [6.45, 7) is 7.19. The van der Waals surface area contributed by atoms with Crippen LogP contribution in [0.3, 0.4) is 0 Å². The molecule has 42 heavy (non-hydrogen) atoms. The molecule has 0 fully saturated rings. The van der Waals surface area contributed by atoms with Gasteiger partial charge in [-0.3, -0.25) is 9.52 Å². The maximum atomic E-state index is 14.1. The van der Waals surface area contributed by atoms with Crippen molar-refractivity contribution in [3.63, 3.8) is 0 Å². The molecule has 1 atom stereocenters. The third-order valence-electron chi connectivity index (χ3n) is 5.85. The highest BCUT2D eigenvalue weighted by Gasteiger charge is 2.25. The van der Waals surface area contributed by atoms with E-state index >= 15 is 0 Å². The zero-order valence-electron chi connectivity index (χ0n) is 23.9. The lowest BCUT2D eigenvalue weighted by molar-refractivity contribution is -0.119. The topological polar surface area (TPSA) is 128 Å². The largest absolute Gasteiger partial charge is 0.482 e. The van der Waals surface area contributed by atoms with Crippen LogP contribution < -0.4 is 14.8 Å². The number of hydrogen-bond acceptors (Lipinski definition) is 7. The van der Waals surface area contributed by atoms with Gasteiger partial charge in [0.15, 0.2) is 5.65 Å². The van der Waals surface area contributed by atoms with E-state index in [1.54, 1.807) is 24.3 Å². The highest BCUT2D eigenvalue weighted by atomic mass is 32.2. The van der Waals surface area contributed by atoms with Gasteiger partial charge in [0.25, 0.3) is 0 Å². The van der Waals surface area contributed by atoms with Crippen molar-refractivity contribution in [3.05, 3.63) is 71.1 Å². The number of nitrogens with zero attached hydrogens (tertiary/aromatic N) is 4. The molecule has 1 aromatic carbocycles. The number of pyridine rings is 2. The van der Waals surface area contributed by atoms with Gasteiger partial charge in [0.05, 0.1) is 25.1 Å². The number of methoxy groups -OCH3 is 1. The summed E-state index contributed by atoms with van der Waals surface area (Å²) in [5.74, 6) is 4.44. The monoisotopic (exact) mass is 596 g/mol. The first-order valence-corrected chi connectivity index (χ1v) is 14.7. The van der Waals surface area contributed by atoms with Crippen molar-refractivity contribution in [1.29, 1.82) is 0 Å². The standard InChI is InChI=1S/C29H30F2N6O4S/c1-17(38)32-24(15-18-13-19(30)16-20(31)14-18)26-22(8-7-21(33-26)11-12-29(2,3)4)23-9-10-25(41-5)37-27(23)34-35-28(37)36-42(6,39)40/h7-10,13-14,16,24H,15H2,1-6H3,(H,32,38)(H,35,36)/t24-/m0/s1. The van der Waals surface area contributed by atoms with Crippen molar-refractivity contribution in [2.75, 3.05) is 18.1 Å². The number of ether oxygens (including phenoxy) is 1. The zero-order chi connectivity index (χ0) is 30.8. The highest BCUT2D eigenvalue weighted by molar-refractivity contribution is 7.92. The van der Waals surface area contributed by atoms with Gasteiger partial charge < -0.3 is 10.1 Å². The van der Waals surface area contributed by atoms with Crippen LogP contribution in [-0.2, 0) is 21.2 Å². The first-order chi connectivity index (χ1) is 19.6. The maximum Gasteiger partial charge on any atom is 0.245 e. The summed E-state index contributed by atoms with van der Waals surface area (Å²) in [5, 5.41) is 11.1. The Morgan fingerprint density at radius 3 is 2.33 bits per heavy atom. The predicted octanol–water partition coefficient (Wildman–Crippen LogP) is 4.27. The van der Waals surface area contributed by atoms with E-state index in [0.717, 1.165) is 12.3 Å². The summed E-state index contributed by atoms with van der Waals surface area (Å²) < 4.78 is 61.3. The third-order valence-corrected chi connectivity index (χ3v) is 6.41. The Morgan fingerprint density at radius 1 is 1.07 bits per heavy atom. The van der Waals surface area contributed by atoms with E-state index in [1.165, 1.54) is 30.6 Å². The number of fused-ring (bicyclic) bond motifs is 1. The minimum absolute atomic E-state index is 0.00439. The van der Waals surface area contributed by atoms with Crippen LogP contribution in [0.1, 0.15) is 50.7 Å². The van der Waals surface area contributed by atoms with E-state index in [1.807, 2.05) is 20.8 Å². The number of aromatic nitrogens is 4. The molecule has 0 unspecified atom stereocenters. The van der Waals surface area contributed by atoms with Crippen LogP contribution in [0, 0.1) is 28.9 Å². The molecule has 0 spiro atoms. The summed E-state index contributed by atoms with van der Waals surface area (Å²) >= 11 is 0. The lowest BCUT2D eigenvalue weighted by Gasteiger charge is -2.22. The van der Waals surface area contributed by atoms with Crippen molar-refractivity contribution in [2.24, 2.45) is 5.41 Å². The van der Waals surface area contributed by atoms with Crippen LogP contribution in [0.2, 0.25) is 0 Å². The molecular formula is C29H30F2N6O4S. The van der Waals surface area contributed by atoms with E-state index in [9.17, 15) is 22.0 Å². The van der Waals surface area contributed by atoms with Gasteiger partial charge in [-0.05, 0) is 75.1 Å². The Balaban J connectivity index is 1.98. The molecule has 3 heterocycles. The molecule has 0 radical (unpaired) electrons. The molecule has 4 aromatic rings. The number of rotatable bonds is 8. The van der Waals surface area contributed by atoms with Crippen LogP contribution in [-0.4, -0.2) is 47.3 Å². The Hall–Kier alpha value is -4.57. The molecule has 0 aliphatic rings. The molecule has 220 valence electrons. The molecule has 10 nitrogen and oxygen atoms in total. The van der Waals surface area contributed by atoms with Gasteiger partial charge in [0, 0.05) is 29.5 Å². The molecular weight excluding hydrogens is 566 g/mol. The first kappa shape index (κ1) is 30.4. The second-order valence-corrected chi connectivity index (χ2v) is 12.5. The number of carbonyl (C=O) groups excluding carboxylic acids is 1. The fourth-order valence-electron chi connectivity index (χ4n) is 4.29. The maximum absolute atomic E-state index is 14.1.